The fourth-order valence-corrected chi connectivity index (χ4v) is 1.47. The van der Waals surface area contributed by atoms with Crippen LogP contribution in [0.15, 0.2) is 24.3 Å². The van der Waals surface area contributed by atoms with Crippen LogP contribution >= 0.6 is 0 Å². The van der Waals surface area contributed by atoms with Gasteiger partial charge in [-0.3, -0.25) is 4.79 Å². The Morgan fingerprint density at radius 3 is 2.16 bits per heavy atom. The number of primary amides is 1. The summed E-state index contributed by atoms with van der Waals surface area (Å²) in [4.78, 5) is 11.3. The second-order valence-corrected chi connectivity index (χ2v) is 4.26. The minimum Gasteiger partial charge on any atom is -0.478 e. The maximum atomic E-state index is 12.4. The van der Waals surface area contributed by atoms with Crippen LogP contribution in [0.2, 0.25) is 0 Å². The number of ether oxygens (including phenoxy) is 1. The van der Waals surface area contributed by atoms with Crippen LogP contribution in [0.1, 0.15) is 18.9 Å². The van der Waals surface area contributed by atoms with Crippen molar-refractivity contribution in [2.75, 3.05) is 6.54 Å². The van der Waals surface area contributed by atoms with E-state index < -0.39 is 23.2 Å². The largest absolute Gasteiger partial charge is 0.478 e. The molecule has 0 aliphatic carbocycles. The standard InChI is InChI=1S/C12H15F3N2O2/c1-11(6-7-16,10(17)18)19-9-4-2-8(3-5-9)12(13,14)15/h2-5H,6-7,16H2,1H3,(H2,17,18). The topological polar surface area (TPSA) is 78.3 Å². The van der Waals surface area contributed by atoms with Crippen molar-refractivity contribution in [1.29, 1.82) is 0 Å². The van der Waals surface area contributed by atoms with Gasteiger partial charge in [-0.15, -0.1) is 0 Å². The lowest BCUT2D eigenvalue weighted by Gasteiger charge is -2.27. The van der Waals surface area contributed by atoms with E-state index in [9.17, 15) is 18.0 Å². The maximum Gasteiger partial charge on any atom is 0.416 e. The summed E-state index contributed by atoms with van der Waals surface area (Å²) in [6.07, 6.45) is -4.24. The normalized spacial score (nSPS) is 14.8. The zero-order chi connectivity index (χ0) is 14.7. The summed E-state index contributed by atoms with van der Waals surface area (Å²) in [5.74, 6) is -0.597. The Kier molecular flexibility index (Phi) is 4.41. The minimum absolute atomic E-state index is 0.128. The Hall–Kier alpha value is -1.76. The summed E-state index contributed by atoms with van der Waals surface area (Å²) in [5.41, 5.74) is 8.42. The van der Waals surface area contributed by atoms with Crippen molar-refractivity contribution in [2.45, 2.75) is 25.1 Å². The fraction of sp³-hybridized carbons (Fsp3) is 0.417. The van der Waals surface area contributed by atoms with E-state index in [-0.39, 0.29) is 18.7 Å². The van der Waals surface area contributed by atoms with Crippen molar-refractivity contribution in [1.82, 2.24) is 0 Å². The highest BCUT2D eigenvalue weighted by Gasteiger charge is 2.33. The van der Waals surface area contributed by atoms with Crippen LogP contribution in [-0.4, -0.2) is 18.1 Å². The van der Waals surface area contributed by atoms with Gasteiger partial charge in [0.05, 0.1) is 5.56 Å². The van der Waals surface area contributed by atoms with Crippen molar-refractivity contribution in [3.05, 3.63) is 29.8 Å². The first-order chi connectivity index (χ1) is 8.69. The SMILES string of the molecule is CC(CCN)(Oc1ccc(C(F)(F)F)cc1)C(N)=O. The third kappa shape index (κ3) is 3.85. The fourth-order valence-electron chi connectivity index (χ4n) is 1.47. The number of alkyl halides is 3. The van der Waals surface area contributed by atoms with Gasteiger partial charge in [0.25, 0.3) is 5.91 Å². The van der Waals surface area contributed by atoms with Gasteiger partial charge in [0, 0.05) is 6.42 Å². The van der Waals surface area contributed by atoms with E-state index in [2.05, 4.69) is 0 Å². The predicted octanol–water partition coefficient (Wildman–Crippen LogP) is 1.68. The van der Waals surface area contributed by atoms with Crippen LogP contribution < -0.4 is 16.2 Å². The number of hydrogen-bond acceptors (Lipinski definition) is 3. The molecule has 1 unspecified atom stereocenters. The Morgan fingerprint density at radius 2 is 1.79 bits per heavy atom. The summed E-state index contributed by atoms with van der Waals surface area (Å²) in [6, 6.07) is 4.03. The number of amides is 1. The molecular formula is C12H15F3N2O2. The lowest BCUT2D eigenvalue weighted by atomic mass is 10.0. The van der Waals surface area contributed by atoms with E-state index in [1.165, 1.54) is 6.92 Å². The first-order valence-electron chi connectivity index (χ1n) is 5.55. The number of carbonyl (C=O) groups excluding carboxylic acids is 1. The molecule has 0 heterocycles. The maximum absolute atomic E-state index is 12.4. The van der Waals surface area contributed by atoms with Gasteiger partial charge in [-0.2, -0.15) is 13.2 Å². The van der Waals surface area contributed by atoms with Crippen LogP contribution in [0, 0.1) is 0 Å². The molecule has 1 rings (SSSR count). The lowest BCUT2D eigenvalue weighted by Crippen LogP contribution is -2.47. The zero-order valence-corrected chi connectivity index (χ0v) is 10.3. The molecule has 0 saturated heterocycles. The highest BCUT2D eigenvalue weighted by molar-refractivity contribution is 5.83. The predicted molar refractivity (Wildman–Crippen MR) is 63.3 cm³/mol. The van der Waals surface area contributed by atoms with Crippen molar-refractivity contribution < 1.29 is 22.7 Å². The Balaban J connectivity index is 2.90. The van der Waals surface area contributed by atoms with E-state index in [1.54, 1.807) is 0 Å². The zero-order valence-electron chi connectivity index (χ0n) is 10.3. The molecule has 1 aromatic carbocycles. The van der Waals surface area contributed by atoms with Gasteiger partial charge >= 0.3 is 6.18 Å². The smallest absolute Gasteiger partial charge is 0.416 e. The second-order valence-electron chi connectivity index (χ2n) is 4.26. The highest BCUT2D eigenvalue weighted by atomic mass is 19.4. The highest BCUT2D eigenvalue weighted by Crippen LogP contribution is 2.31. The van der Waals surface area contributed by atoms with Crippen LogP contribution in [0.4, 0.5) is 13.2 Å². The molecule has 0 spiro atoms. The van der Waals surface area contributed by atoms with E-state index in [0.29, 0.717) is 0 Å². The molecule has 7 heteroatoms. The quantitative estimate of drug-likeness (QED) is 0.858. The number of hydrogen-bond donors (Lipinski definition) is 2. The first-order valence-corrected chi connectivity index (χ1v) is 5.55. The van der Waals surface area contributed by atoms with E-state index in [4.69, 9.17) is 16.2 Å². The number of halogens is 3. The molecule has 0 aliphatic rings. The van der Waals surface area contributed by atoms with Gasteiger partial charge < -0.3 is 16.2 Å². The monoisotopic (exact) mass is 276 g/mol. The lowest BCUT2D eigenvalue weighted by molar-refractivity contribution is -0.138. The molecule has 0 aliphatic heterocycles. The molecule has 0 aromatic heterocycles. The summed E-state index contributed by atoms with van der Waals surface area (Å²) >= 11 is 0. The number of nitrogens with two attached hydrogens (primary N) is 2. The van der Waals surface area contributed by atoms with Crippen molar-refractivity contribution in [3.63, 3.8) is 0 Å². The molecule has 4 nitrogen and oxygen atoms in total. The Morgan fingerprint density at radius 1 is 1.26 bits per heavy atom. The minimum atomic E-state index is -4.41. The van der Waals surface area contributed by atoms with Crippen LogP contribution in [-0.2, 0) is 11.0 Å². The molecule has 0 fully saturated rings. The summed E-state index contributed by atoms with van der Waals surface area (Å²) in [5, 5.41) is 0. The molecule has 1 atom stereocenters. The Bertz CT molecular complexity index is 445. The van der Waals surface area contributed by atoms with Crippen LogP contribution in [0.25, 0.3) is 0 Å². The van der Waals surface area contributed by atoms with E-state index in [0.717, 1.165) is 24.3 Å². The molecule has 0 radical (unpaired) electrons. The number of rotatable bonds is 5. The molecular weight excluding hydrogens is 261 g/mol. The molecule has 0 bridgehead atoms. The van der Waals surface area contributed by atoms with Gasteiger partial charge in [0.2, 0.25) is 0 Å². The molecule has 0 saturated carbocycles. The van der Waals surface area contributed by atoms with Gasteiger partial charge in [-0.25, -0.2) is 0 Å². The average molecular weight is 276 g/mol. The van der Waals surface area contributed by atoms with Gasteiger partial charge in [0.15, 0.2) is 5.60 Å². The number of carbonyl (C=O) groups is 1. The van der Waals surface area contributed by atoms with Crippen LogP contribution in [0.5, 0.6) is 5.75 Å². The third-order valence-corrected chi connectivity index (χ3v) is 2.67. The summed E-state index contributed by atoms with van der Waals surface area (Å²) in [6.45, 7) is 1.61. The molecule has 1 aromatic rings. The van der Waals surface area contributed by atoms with Crippen molar-refractivity contribution >= 4 is 5.91 Å². The van der Waals surface area contributed by atoms with Crippen molar-refractivity contribution in [2.24, 2.45) is 11.5 Å². The van der Waals surface area contributed by atoms with Gasteiger partial charge in [-0.05, 0) is 37.7 Å². The van der Waals surface area contributed by atoms with E-state index >= 15 is 0 Å². The molecule has 1 amide bonds. The molecule has 106 valence electrons. The Labute approximate surface area is 108 Å². The third-order valence-electron chi connectivity index (χ3n) is 2.67. The molecule has 19 heavy (non-hydrogen) atoms. The van der Waals surface area contributed by atoms with E-state index in [1.807, 2.05) is 0 Å². The van der Waals surface area contributed by atoms with Crippen LogP contribution in [0.3, 0.4) is 0 Å². The van der Waals surface area contributed by atoms with Gasteiger partial charge in [0.1, 0.15) is 5.75 Å². The second kappa shape index (κ2) is 5.48. The first kappa shape index (κ1) is 15.3. The van der Waals surface area contributed by atoms with Gasteiger partial charge in [-0.1, -0.05) is 0 Å². The summed E-state index contributed by atoms with van der Waals surface area (Å²) < 4.78 is 42.5. The average Bonchev–Trinajstić information content (AvgIpc) is 2.28. The number of benzene rings is 1. The molecule has 4 N–H and O–H groups in total. The van der Waals surface area contributed by atoms with Crippen molar-refractivity contribution in [3.8, 4) is 5.75 Å². The summed E-state index contributed by atoms with van der Waals surface area (Å²) in [7, 11) is 0.